The third-order valence-corrected chi connectivity index (χ3v) is 5.90. The largest absolute Gasteiger partial charge is 0.332 e. The molecule has 0 radical (unpaired) electrons. The van der Waals surface area contributed by atoms with Gasteiger partial charge in [-0.1, -0.05) is 0 Å². The van der Waals surface area contributed by atoms with Gasteiger partial charge in [0.1, 0.15) is 11.9 Å². The maximum absolute atomic E-state index is 13.1. The van der Waals surface area contributed by atoms with Crippen molar-refractivity contribution in [1.82, 2.24) is 38.6 Å². The Morgan fingerprint density at radius 3 is 2.44 bits per heavy atom. The summed E-state index contributed by atoms with van der Waals surface area (Å²) in [6, 6.07) is 0.621. The molecule has 4 aromatic heterocycles. The molecule has 0 bridgehead atoms. The number of nitrogens with one attached hydrogen (secondary N) is 1. The zero-order valence-corrected chi connectivity index (χ0v) is 19.4. The Bertz CT molecular complexity index is 1600. The molecule has 1 fully saturated rings. The number of anilines is 2. The second kappa shape index (κ2) is 8.28. The van der Waals surface area contributed by atoms with Crippen LogP contribution in [-0.4, -0.2) is 63.5 Å². The van der Waals surface area contributed by atoms with E-state index in [1.54, 1.807) is 6.92 Å². The lowest BCUT2D eigenvalue weighted by Crippen LogP contribution is -2.57. The lowest BCUT2D eigenvalue weighted by atomic mass is 10.2. The maximum atomic E-state index is 13.1. The Morgan fingerprint density at radius 1 is 1.08 bits per heavy atom. The van der Waals surface area contributed by atoms with Crippen molar-refractivity contribution in [1.29, 1.82) is 0 Å². The number of nitrogens with zero attached hydrogens (tertiary/aromatic N) is 9. The third kappa shape index (κ3) is 3.87. The van der Waals surface area contributed by atoms with Crippen LogP contribution < -0.4 is 21.5 Å². The lowest BCUT2D eigenvalue weighted by molar-refractivity contribution is -0.118. The number of alkyl halides is 2. The molecule has 0 aromatic carbocycles. The van der Waals surface area contributed by atoms with Crippen molar-refractivity contribution in [2.45, 2.75) is 18.9 Å². The number of hydrogen-bond acceptors (Lipinski definition) is 9. The minimum absolute atomic E-state index is 0.114. The SMILES string of the molecule is C[C@@H](C(=O)Nc1ccnc(-c2cnc(N3CC(F)(F)C3)nc2)n1)n1cnc2c1c(=O)n(C)c(=O)n2C. The fraction of sp³-hybridized carbons (Fsp3) is 0.333. The van der Waals surface area contributed by atoms with Gasteiger partial charge in [0.15, 0.2) is 17.0 Å². The van der Waals surface area contributed by atoms with E-state index in [0.717, 1.165) is 4.57 Å². The number of imidazole rings is 1. The van der Waals surface area contributed by atoms with Crippen LogP contribution in [0.2, 0.25) is 0 Å². The molecule has 1 aliphatic rings. The molecule has 36 heavy (non-hydrogen) atoms. The van der Waals surface area contributed by atoms with Crippen molar-refractivity contribution < 1.29 is 13.6 Å². The number of rotatable bonds is 5. The Labute approximate surface area is 201 Å². The molecule has 0 aliphatic carbocycles. The van der Waals surface area contributed by atoms with Crippen molar-refractivity contribution in [3.63, 3.8) is 0 Å². The standard InChI is InChI=1S/C21H20F2N10O3/c1-11(33-10-27-16-14(33)18(35)31(3)20(36)30(16)2)17(34)29-13-4-5-24-15(28-13)12-6-25-19(26-7-12)32-8-21(22,23)9-32/h4-7,10-11H,8-9H2,1-3H3,(H,24,28,29,34)/t11-/m0/s1. The second-order valence-electron chi connectivity index (χ2n) is 8.44. The van der Waals surface area contributed by atoms with Gasteiger partial charge in [0.05, 0.1) is 25.0 Å². The molecule has 0 unspecified atom stereocenters. The summed E-state index contributed by atoms with van der Waals surface area (Å²) in [7, 11) is 2.84. The summed E-state index contributed by atoms with van der Waals surface area (Å²) in [4.78, 5) is 59.9. The number of halogens is 2. The Hall–Kier alpha value is -4.56. The zero-order chi connectivity index (χ0) is 25.8. The predicted molar refractivity (Wildman–Crippen MR) is 124 cm³/mol. The van der Waals surface area contributed by atoms with Crippen LogP contribution in [0, 0.1) is 0 Å². The van der Waals surface area contributed by atoms with Crippen LogP contribution in [0.4, 0.5) is 20.5 Å². The van der Waals surface area contributed by atoms with Gasteiger partial charge in [0.2, 0.25) is 11.9 Å². The van der Waals surface area contributed by atoms with E-state index >= 15 is 0 Å². The highest BCUT2D eigenvalue weighted by atomic mass is 19.3. The van der Waals surface area contributed by atoms with Crippen LogP contribution >= 0.6 is 0 Å². The normalized spacial score (nSPS) is 15.5. The Kier molecular flexibility index (Phi) is 5.34. The van der Waals surface area contributed by atoms with Crippen LogP contribution in [0.15, 0.2) is 40.6 Å². The molecule has 13 nitrogen and oxygen atoms in total. The van der Waals surface area contributed by atoms with Gasteiger partial charge >= 0.3 is 5.69 Å². The van der Waals surface area contributed by atoms with Gasteiger partial charge in [0, 0.05) is 32.7 Å². The first kappa shape index (κ1) is 23.2. The van der Waals surface area contributed by atoms with E-state index in [1.807, 2.05) is 0 Å². The van der Waals surface area contributed by atoms with E-state index in [9.17, 15) is 23.2 Å². The fourth-order valence-electron chi connectivity index (χ4n) is 3.84. The monoisotopic (exact) mass is 498 g/mol. The summed E-state index contributed by atoms with van der Waals surface area (Å²) in [5, 5.41) is 2.67. The molecule has 5 rings (SSSR count). The summed E-state index contributed by atoms with van der Waals surface area (Å²) >= 11 is 0. The van der Waals surface area contributed by atoms with Crippen molar-refractivity contribution in [3.8, 4) is 11.4 Å². The topological polar surface area (TPSA) is 146 Å². The molecule has 4 aromatic rings. The van der Waals surface area contributed by atoms with Gasteiger partial charge in [-0.05, 0) is 13.0 Å². The highest BCUT2D eigenvalue weighted by Gasteiger charge is 2.45. The third-order valence-electron chi connectivity index (χ3n) is 5.90. The van der Waals surface area contributed by atoms with Gasteiger partial charge in [-0.25, -0.2) is 38.5 Å². The van der Waals surface area contributed by atoms with Gasteiger partial charge in [-0.2, -0.15) is 0 Å². The number of amides is 1. The Morgan fingerprint density at radius 2 is 1.78 bits per heavy atom. The molecule has 1 amide bonds. The maximum Gasteiger partial charge on any atom is 0.332 e. The van der Waals surface area contributed by atoms with E-state index in [4.69, 9.17) is 0 Å². The molecule has 186 valence electrons. The number of aryl methyl sites for hydroxylation is 1. The van der Waals surface area contributed by atoms with E-state index < -0.39 is 42.2 Å². The van der Waals surface area contributed by atoms with Crippen LogP contribution in [0.1, 0.15) is 13.0 Å². The van der Waals surface area contributed by atoms with Crippen molar-refractivity contribution in [2.24, 2.45) is 14.1 Å². The first-order valence-corrected chi connectivity index (χ1v) is 10.8. The summed E-state index contributed by atoms with van der Waals surface area (Å²) < 4.78 is 29.7. The quantitative estimate of drug-likeness (QED) is 0.411. The highest BCUT2D eigenvalue weighted by molar-refractivity contribution is 5.93. The van der Waals surface area contributed by atoms with E-state index in [1.165, 1.54) is 59.1 Å². The molecule has 5 heterocycles. The van der Waals surface area contributed by atoms with E-state index in [0.29, 0.717) is 5.56 Å². The molecule has 1 aliphatic heterocycles. The number of carbonyl (C=O) groups excluding carboxylic acids is 1. The summed E-state index contributed by atoms with van der Waals surface area (Å²) in [5.41, 5.74) is -0.386. The molecule has 1 atom stereocenters. The molecule has 0 saturated carbocycles. The summed E-state index contributed by atoms with van der Waals surface area (Å²) in [6.07, 6.45) is 5.60. The molecule has 1 N–H and O–H groups in total. The van der Waals surface area contributed by atoms with Crippen LogP contribution in [0.25, 0.3) is 22.6 Å². The average molecular weight is 498 g/mol. The first-order chi connectivity index (χ1) is 17.1. The van der Waals surface area contributed by atoms with Crippen molar-refractivity contribution >= 4 is 28.8 Å². The molecule has 15 heteroatoms. The van der Waals surface area contributed by atoms with Gasteiger partial charge in [-0.15, -0.1) is 0 Å². The molecular formula is C21H20F2N10O3. The first-order valence-electron chi connectivity index (χ1n) is 10.8. The molecular weight excluding hydrogens is 478 g/mol. The lowest BCUT2D eigenvalue weighted by Gasteiger charge is -2.38. The van der Waals surface area contributed by atoms with E-state index in [-0.39, 0.29) is 28.8 Å². The second-order valence-corrected chi connectivity index (χ2v) is 8.44. The minimum atomic E-state index is -2.73. The van der Waals surface area contributed by atoms with Gasteiger partial charge in [-0.3, -0.25) is 18.7 Å². The van der Waals surface area contributed by atoms with Crippen molar-refractivity contribution in [3.05, 3.63) is 51.8 Å². The predicted octanol–water partition coefficient (Wildman–Crippen LogP) is 0.336. The van der Waals surface area contributed by atoms with Gasteiger partial charge < -0.3 is 14.8 Å². The zero-order valence-electron chi connectivity index (χ0n) is 19.4. The number of aromatic nitrogens is 8. The van der Waals surface area contributed by atoms with Crippen molar-refractivity contribution in [2.75, 3.05) is 23.3 Å². The molecule has 1 saturated heterocycles. The smallest absolute Gasteiger partial charge is 0.329 e. The number of fused-ring (bicyclic) bond motifs is 1. The summed E-state index contributed by atoms with van der Waals surface area (Å²) in [6.45, 7) is 0.712. The average Bonchev–Trinajstić information content (AvgIpc) is 3.30. The fourth-order valence-corrected chi connectivity index (χ4v) is 3.84. The van der Waals surface area contributed by atoms with E-state index in [2.05, 4.69) is 30.2 Å². The molecule has 0 spiro atoms. The van der Waals surface area contributed by atoms with Crippen LogP contribution in [-0.2, 0) is 18.9 Å². The Balaban J connectivity index is 1.35. The van der Waals surface area contributed by atoms with Gasteiger partial charge in [0.25, 0.3) is 11.5 Å². The minimum Gasteiger partial charge on any atom is -0.329 e. The number of carbonyl (C=O) groups is 1. The number of hydrogen-bond donors (Lipinski definition) is 1. The van der Waals surface area contributed by atoms with Crippen LogP contribution in [0.3, 0.4) is 0 Å². The highest BCUT2D eigenvalue weighted by Crippen LogP contribution is 2.29. The summed E-state index contributed by atoms with van der Waals surface area (Å²) in [5.74, 6) is -2.63. The van der Waals surface area contributed by atoms with Crippen LogP contribution in [0.5, 0.6) is 0 Å².